The van der Waals surface area contributed by atoms with E-state index in [4.69, 9.17) is 4.42 Å². The van der Waals surface area contributed by atoms with Crippen molar-refractivity contribution in [3.05, 3.63) is 64.8 Å². The number of aromatic nitrogens is 2. The van der Waals surface area contributed by atoms with E-state index in [0.29, 0.717) is 5.76 Å². The van der Waals surface area contributed by atoms with Crippen molar-refractivity contribution in [2.45, 2.75) is 51.1 Å². The Morgan fingerprint density at radius 1 is 1.19 bits per heavy atom. The van der Waals surface area contributed by atoms with Gasteiger partial charge in [-0.1, -0.05) is 35.9 Å². The Hall–Kier alpha value is -3.07. The van der Waals surface area contributed by atoms with Gasteiger partial charge in [0.15, 0.2) is 11.7 Å². The van der Waals surface area contributed by atoms with Crippen LogP contribution in [-0.2, 0) is 4.79 Å². The molecule has 0 saturated heterocycles. The number of para-hydroxylation sites is 1. The van der Waals surface area contributed by atoms with Crippen LogP contribution in [0.1, 0.15) is 60.2 Å². The summed E-state index contributed by atoms with van der Waals surface area (Å²) >= 11 is 1.01. The Labute approximate surface area is 183 Å². The van der Waals surface area contributed by atoms with Crippen LogP contribution >= 0.6 is 11.5 Å². The maximum atomic E-state index is 14.9. The van der Waals surface area contributed by atoms with Gasteiger partial charge in [0.05, 0.1) is 5.69 Å². The van der Waals surface area contributed by atoms with E-state index in [0.717, 1.165) is 48.5 Å². The molecule has 1 aromatic carbocycles. The van der Waals surface area contributed by atoms with Crippen molar-refractivity contribution in [3.63, 3.8) is 0 Å². The molecule has 1 aliphatic carbocycles. The monoisotopic (exact) mass is 442 g/mol. The molecule has 9 heteroatoms. The zero-order chi connectivity index (χ0) is 21.8. The largest absolute Gasteiger partial charge is 0.464 e. The maximum Gasteiger partial charge on any atom is 0.280 e. The molecule has 0 radical (unpaired) electrons. The van der Waals surface area contributed by atoms with Crippen molar-refractivity contribution in [3.8, 4) is 0 Å². The minimum atomic E-state index is -1.19. The van der Waals surface area contributed by atoms with Gasteiger partial charge in [-0.25, -0.2) is 4.39 Å². The number of hydrogen-bond donors (Lipinski definition) is 1. The fourth-order valence-electron chi connectivity index (χ4n) is 3.90. The molecule has 1 fully saturated rings. The molecule has 0 aliphatic heterocycles. The molecule has 31 heavy (non-hydrogen) atoms. The third-order valence-electron chi connectivity index (χ3n) is 5.40. The summed E-state index contributed by atoms with van der Waals surface area (Å²) in [5.74, 6) is -0.831. The summed E-state index contributed by atoms with van der Waals surface area (Å²) < 4.78 is 24.4. The second-order valence-electron chi connectivity index (χ2n) is 7.61. The van der Waals surface area contributed by atoms with Gasteiger partial charge in [-0.05, 0) is 55.6 Å². The predicted molar refractivity (Wildman–Crippen MR) is 114 cm³/mol. The SMILES string of the molecule is Cc1ccc([C@@H](C(=O)NC2CCCCC2)N(C(=O)c2csnn2)c2ccccc2F)o1. The molecule has 2 amide bonds. The average molecular weight is 443 g/mol. The Balaban J connectivity index is 1.78. The zero-order valence-corrected chi connectivity index (χ0v) is 17.9. The molecular weight excluding hydrogens is 419 g/mol. The Morgan fingerprint density at radius 2 is 1.97 bits per heavy atom. The number of nitrogens with one attached hydrogen (secondary N) is 1. The molecule has 0 unspecified atom stereocenters. The lowest BCUT2D eigenvalue weighted by Crippen LogP contribution is -2.47. The molecule has 7 nitrogen and oxygen atoms in total. The van der Waals surface area contributed by atoms with Crippen molar-refractivity contribution < 1.29 is 18.4 Å². The number of halogens is 1. The van der Waals surface area contributed by atoms with Gasteiger partial charge in [-0.3, -0.25) is 14.5 Å². The van der Waals surface area contributed by atoms with Gasteiger partial charge < -0.3 is 9.73 Å². The van der Waals surface area contributed by atoms with Gasteiger partial charge in [0, 0.05) is 11.4 Å². The molecule has 0 bridgehead atoms. The Kier molecular flexibility index (Phi) is 6.41. The lowest BCUT2D eigenvalue weighted by molar-refractivity contribution is -0.123. The number of nitrogens with zero attached hydrogens (tertiary/aromatic N) is 3. The van der Waals surface area contributed by atoms with Crippen LogP contribution in [0, 0.1) is 12.7 Å². The van der Waals surface area contributed by atoms with Crippen molar-refractivity contribution in [1.29, 1.82) is 0 Å². The van der Waals surface area contributed by atoms with Crippen molar-refractivity contribution >= 4 is 29.0 Å². The van der Waals surface area contributed by atoms with E-state index in [1.54, 1.807) is 25.1 Å². The van der Waals surface area contributed by atoms with Crippen LogP contribution in [0.2, 0.25) is 0 Å². The number of rotatable bonds is 6. The van der Waals surface area contributed by atoms with Crippen molar-refractivity contribution in [2.24, 2.45) is 0 Å². The highest BCUT2D eigenvalue weighted by Gasteiger charge is 2.38. The second-order valence-corrected chi connectivity index (χ2v) is 8.22. The highest BCUT2D eigenvalue weighted by Crippen LogP contribution is 2.33. The smallest absolute Gasteiger partial charge is 0.280 e. The normalized spacial score (nSPS) is 15.4. The summed E-state index contributed by atoms with van der Waals surface area (Å²) in [5, 5.41) is 8.36. The Bertz CT molecular complexity index is 1050. The van der Waals surface area contributed by atoms with Gasteiger partial charge in [0.2, 0.25) is 0 Å². The lowest BCUT2D eigenvalue weighted by atomic mass is 9.95. The van der Waals surface area contributed by atoms with Gasteiger partial charge in [-0.2, -0.15) is 0 Å². The van der Waals surface area contributed by atoms with Gasteiger partial charge >= 0.3 is 0 Å². The Morgan fingerprint density at radius 3 is 2.61 bits per heavy atom. The van der Waals surface area contributed by atoms with Crippen LogP contribution in [-0.4, -0.2) is 27.4 Å². The first-order valence-electron chi connectivity index (χ1n) is 10.3. The summed E-state index contributed by atoms with van der Waals surface area (Å²) in [6, 6.07) is 8.02. The summed E-state index contributed by atoms with van der Waals surface area (Å²) in [5.41, 5.74) is 0.00495. The molecule has 1 atom stereocenters. The fourth-order valence-corrected chi connectivity index (χ4v) is 4.33. The summed E-state index contributed by atoms with van der Waals surface area (Å²) in [7, 11) is 0. The van der Waals surface area contributed by atoms with Crippen molar-refractivity contribution in [2.75, 3.05) is 4.90 Å². The first-order valence-corrected chi connectivity index (χ1v) is 11.1. The number of furan rings is 1. The quantitative estimate of drug-likeness (QED) is 0.611. The third kappa shape index (κ3) is 4.66. The predicted octanol–water partition coefficient (Wildman–Crippen LogP) is 4.42. The first kappa shape index (κ1) is 21.2. The van der Waals surface area contributed by atoms with E-state index in [1.807, 2.05) is 0 Å². The number of amides is 2. The number of carbonyl (C=O) groups excluding carboxylic acids is 2. The third-order valence-corrected chi connectivity index (χ3v) is 5.90. The van der Waals surface area contributed by atoms with E-state index < -0.39 is 23.7 Å². The maximum absolute atomic E-state index is 14.9. The molecule has 2 heterocycles. The standard InChI is InChI=1S/C22H23FN4O3S/c1-14-11-12-19(30-14)20(21(28)24-15-7-3-2-4-8-15)27(18-10-6-5-9-16(18)23)22(29)17-13-31-26-25-17/h5-6,9-13,15,20H,2-4,7-8H2,1H3,(H,24,28)/t20-/m0/s1. The summed E-state index contributed by atoms with van der Waals surface area (Å²) in [6.07, 6.45) is 4.97. The second kappa shape index (κ2) is 9.38. The number of benzene rings is 1. The van der Waals surface area contributed by atoms with E-state index in [1.165, 1.54) is 23.6 Å². The number of anilines is 1. The van der Waals surface area contributed by atoms with Crippen molar-refractivity contribution in [1.82, 2.24) is 14.9 Å². The first-order chi connectivity index (χ1) is 15.0. The summed E-state index contributed by atoms with van der Waals surface area (Å²) in [6.45, 7) is 1.75. The highest BCUT2D eigenvalue weighted by atomic mass is 32.1. The minimum absolute atomic E-state index is 0.0123. The molecule has 3 aromatic rings. The number of hydrogen-bond acceptors (Lipinski definition) is 6. The van der Waals surface area contributed by atoms with Crippen LogP contribution < -0.4 is 10.2 Å². The molecule has 1 saturated carbocycles. The van der Waals surface area contributed by atoms with Crippen LogP contribution in [0.15, 0.2) is 46.2 Å². The molecule has 162 valence electrons. The topological polar surface area (TPSA) is 88.3 Å². The van der Waals surface area contributed by atoms with Gasteiger partial charge in [0.25, 0.3) is 11.8 Å². The number of carbonyl (C=O) groups is 2. The fraction of sp³-hybridized carbons (Fsp3) is 0.364. The molecule has 0 spiro atoms. The van der Waals surface area contributed by atoms with E-state index in [-0.39, 0.29) is 23.2 Å². The van der Waals surface area contributed by atoms with Crippen LogP contribution in [0.3, 0.4) is 0 Å². The van der Waals surface area contributed by atoms with E-state index in [2.05, 4.69) is 14.9 Å². The molecular formula is C22H23FN4O3S. The van der Waals surface area contributed by atoms with Crippen LogP contribution in [0.5, 0.6) is 0 Å². The molecule has 1 aliphatic rings. The number of aryl methyl sites for hydroxylation is 1. The van der Waals surface area contributed by atoms with E-state index >= 15 is 0 Å². The average Bonchev–Trinajstić information content (AvgIpc) is 3.45. The van der Waals surface area contributed by atoms with E-state index in [9.17, 15) is 14.0 Å². The van der Waals surface area contributed by atoms with Gasteiger partial charge in [0.1, 0.15) is 17.3 Å². The molecule has 4 rings (SSSR count). The highest BCUT2D eigenvalue weighted by molar-refractivity contribution is 7.03. The van der Waals surface area contributed by atoms with Crippen LogP contribution in [0.4, 0.5) is 10.1 Å². The minimum Gasteiger partial charge on any atom is -0.464 e. The lowest BCUT2D eigenvalue weighted by Gasteiger charge is -2.31. The molecule has 2 aromatic heterocycles. The molecule has 1 N–H and O–H groups in total. The van der Waals surface area contributed by atoms with Gasteiger partial charge in [-0.15, -0.1) is 5.10 Å². The van der Waals surface area contributed by atoms with Crippen LogP contribution in [0.25, 0.3) is 0 Å². The zero-order valence-electron chi connectivity index (χ0n) is 17.1. The summed E-state index contributed by atoms with van der Waals surface area (Å²) in [4.78, 5) is 28.0.